The van der Waals surface area contributed by atoms with Crippen molar-refractivity contribution < 1.29 is 56.8 Å². The van der Waals surface area contributed by atoms with Gasteiger partial charge in [-0.2, -0.15) is 8.42 Å². The summed E-state index contributed by atoms with van der Waals surface area (Å²) in [6.07, 6.45) is 32.9. The van der Waals surface area contributed by atoms with Crippen molar-refractivity contribution in [3.8, 4) is 0 Å². The molecule has 6 atom stereocenters. The summed E-state index contributed by atoms with van der Waals surface area (Å²) in [5.74, 6) is -1.96. The van der Waals surface area contributed by atoms with Crippen LogP contribution in [0, 0.1) is 0 Å². The molecule has 13 heteroatoms. The number of unbranched alkanes of at least 4 members (excludes halogenated alkanes) is 32. The van der Waals surface area contributed by atoms with Gasteiger partial charge < -0.3 is 34.3 Å². The summed E-state index contributed by atoms with van der Waals surface area (Å²) in [6, 6.07) is 0. The highest BCUT2D eigenvalue weighted by molar-refractivity contribution is 7.85. The molecule has 0 aromatic heterocycles. The average molecular weight is 907 g/mol. The summed E-state index contributed by atoms with van der Waals surface area (Å²) < 4.78 is 54.2. The zero-order valence-electron chi connectivity index (χ0n) is 39.5. The van der Waals surface area contributed by atoms with Gasteiger partial charge in [0.2, 0.25) is 0 Å². The van der Waals surface area contributed by atoms with Crippen molar-refractivity contribution in [3.05, 3.63) is 0 Å². The Morgan fingerprint density at radius 1 is 0.484 bits per heavy atom. The van der Waals surface area contributed by atoms with Gasteiger partial charge in [0.15, 0.2) is 12.4 Å². The second-order valence-electron chi connectivity index (χ2n) is 18.2. The Hall–Kier alpha value is -1.35. The predicted octanol–water partition coefficient (Wildman–Crippen LogP) is 11.2. The molecule has 1 aliphatic heterocycles. The van der Waals surface area contributed by atoms with E-state index in [4.69, 9.17) is 18.9 Å². The van der Waals surface area contributed by atoms with Crippen LogP contribution in [0.5, 0.6) is 0 Å². The molecule has 0 spiro atoms. The number of aliphatic hydroxyl groups excluding tert-OH is 3. The number of carbonyl (C=O) groups is 2. The van der Waals surface area contributed by atoms with Crippen LogP contribution in [0.3, 0.4) is 0 Å². The van der Waals surface area contributed by atoms with E-state index in [1.807, 2.05) is 0 Å². The van der Waals surface area contributed by atoms with Crippen LogP contribution < -0.4 is 0 Å². The van der Waals surface area contributed by atoms with Gasteiger partial charge in [0.05, 0.1) is 6.61 Å². The third kappa shape index (κ3) is 34.1. The molecule has 12 nitrogen and oxygen atoms in total. The molecule has 2 unspecified atom stereocenters. The van der Waals surface area contributed by atoms with Crippen LogP contribution in [0.25, 0.3) is 0 Å². The maximum absolute atomic E-state index is 12.8. The van der Waals surface area contributed by atoms with Crippen LogP contribution >= 0.6 is 0 Å². The van der Waals surface area contributed by atoms with Crippen molar-refractivity contribution >= 4 is 22.1 Å². The molecule has 1 heterocycles. The van der Waals surface area contributed by atoms with Crippen molar-refractivity contribution in [2.45, 2.75) is 282 Å². The van der Waals surface area contributed by atoms with Gasteiger partial charge in [0.1, 0.15) is 36.8 Å². The fourth-order valence-electron chi connectivity index (χ4n) is 8.21. The number of rotatable bonds is 44. The van der Waals surface area contributed by atoms with E-state index < -0.39 is 71.2 Å². The summed E-state index contributed by atoms with van der Waals surface area (Å²) >= 11 is 0. The quantitative estimate of drug-likeness (QED) is 0.0258. The van der Waals surface area contributed by atoms with Crippen molar-refractivity contribution in [2.24, 2.45) is 0 Å². The normalized spacial score (nSPS) is 19.7. The lowest BCUT2D eigenvalue weighted by Gasteiger charge is -2.40. The predicted molar refractivity (Wildman–Crippen MR) is 247 cm³/mol. The molecule has 1 saturated heterocycles. The molecule has 368 valence electrons. The third-order valence-electron chi connectivity index (χ3n) is 12.2. The number of esters is 2. The van der Waals surface area contributed by atoms with E-state index in [1.165, 1.54) is 167 Å². The molecule has 0 bridgehead atoms. The minimum Gasteiger partial charge on any atom is -0.462 e. The first-order valence-corrected chi connectivity index (χ1v) is 27.2. The Morgan fingerprint density at radius 3 is 1.18 bits per heavy atom. The molecule has 1 rings (SSSR count). The maximum Gasteiger partial charge on any atom is 0.306 e. The monoisotopic (exact) mass is 907 g/mol. The van der Waals surface area contributed by atoms with E-state index in [0.717, 1.165) is 38.5 Å². The summed E-state index contributed by atoms with van der Waals surface area (Å²) in [5, 5.41) is 30.9. The van der Waals surface area contributed by atoms with E-state index in [2.05, 4.69) is 13.8 Å². The van der Waals surface area contributed by atoms with E-state index in [0.29, 0.717) is 12.8 Å². The second-order valence-corrected chi connectivity index (χ2v) is 19.7. The molecular weight excluding hydrogens is 813 g/mol. The Labute approximate surface area is 378 Å². The van der Waals surface area contributed by atoms with Crippen molar-refractivity contribution in [3.63, 3.8) is 0 Å². The van der Waals surface area contributed by atoms with Gasteiger partial charge in [-0.15, -0.1) is 0 Å². The van der Waals surface area contributed by atoms with Crippen molar-refractivity contribution in [2.75, 3.05) is 19.0 Å². The SMILES string of the molecule is CCCCCCCCCCCCCCCCCCCCCCC(=O)OC[C@H](CO[C@H]1O[C@H](CS(=O)(=O)O)[C@@H](O)C(O)C1O)OC(=O)CCCCCCCCCCCCCCCC. The maximum atomic E-state index is 12.8. The number of hydrogen-bond acceptors (Lipinski definition) is 11. The van der Waals surface area contributed by atoms with Gasteiger partial charge in [0, 0.05) is 12.8 Å². The van der Waals surface area contributed by atoms with Crippen LogP contribution in [-0.2, 0) is 38.7 Å². The number of hydrogen-bond donors (Lipinski definition) is 4. The lowest BCUT2D eigenvalue weighted by atomic mass is 10.00. The minimum absolute atomic E-state index is 0.172. The Balaban J connectivity index is 2.34. The Kier molecular flexibility index (Phi) is 37.8. The van der Waals surface area contributed by atoms with Gasteiger partial charge in [-0.05, 0) is 12.8 Å². The molecule has 0 aliphatic carbocycles. The molecular formula is C49H94O12S. The highest BCUT2D eigenvalue weighted by atomic mass is 32.2. The molecule has 0 saturated carbocycles. The van der Waals surface area contributed by atoms with Gasteiger partial charge in [0.25, 0.3) is 10.1 Å². The topological polar surface area (TPSA) is 186 Å². The van der Waals surface area contributed by atoms with Gasteiger partial charge in [-0.1, -0.05) is 219 Å². The van der Waals surface area contributed by atoms with Crippen molar-refractivity contribution in [1.29, 1.82) is 0 Å². The van der Waals surface area contributed by atoms with E-state index >= 15 is 0 Å². The van der Waals surface area contributed by atoms with Crippen LogP contribution in [0.4, 0.5) is 0 Å². The zero-order chi connectivity index (χ0) is 45.5. The molecule has 1 fully saturated rings. The Bertz CT molecular complexity index is 1150. The van der Waals surface area contributed by atoms with Gasteiger partial charge in [-0.3, -0.25) is 14.1 Å². The third-order valence-corrected chi connectivity index (χ3v) is 12.9. The highest BCUT2D eigenvalue weighted by Gasteiger charge is 2.46. The summed E-state index contributed by atoms with van der Waals surface area (Å²) in [4.78, 5) is 25.5. The summed E-state index contributed by atoms with van der Waals surface area (Å²) in [5.41, 5.74) is 0. The van der Waals surface area contributed by atoms with Crippen LogP contribution in [-0.4, -0.2) is 96.0 Å². The fraction of sp³-hybridized carbons (Fsp3) is 0.959. The van der Waals surface area contributed by atoms with E-state index in [-0.39, 0.29) is 19.4 Å². The zero-order valence-corrected chi connectivity index (χ0v) is 40.3. The molecule has 0 radical (unpaired) electrons. The molecule has 1 aliphatic rings. The molecule has 0 aromatic rings. The average Bonchev–Trinajstić information content (AvgIpc) is 3.24. The van der Waals surface area contributed by atoms with Crippen molar-refractivity contribution in [1.82, 2.24) is 0 Å². The molecule has 0 amide bonds. The largest absolute Gasteiger partial charge is 0.462 e. The molecule has 0 aromatic carbocycles. The first-order chi connectivity index (χ1) is 30.0. The standard InChI is InChI=1S/C49H94O12S/c1-3-5-7-9-11-13-15-17-19-20-21-22-23-24-26-27-29-31-33-35-37-44(50)58-39-42(40-59-49-48(54)47(53)46(52)43(61-49)41-62(55,56)57)60-45(51)38-36-34-32-30-28-25-18-16-14-12-10-8-6-4-2/h42-43,46-49,52-54H,3-41H2,1-2H3,(H,55,56,57)/t42-,43-,46-,47?,48?,49+/m1/s1. The van der Waals surface area contributed by atoms with Crippen LogP contribution in [0.1, 0.15) is 245 Å². The number of carbonyl (C=O) groups excluding carboxylic acids is 2. The lowest BCUT2D eigenvalue weighted by molar-refractivity contribution is -0.297. The first-order valence-electron chi connectivity index (χ1n) is 25.6. The summed E-state index contributed by atoms with van der Waals surface area (Å²) in [7, 11) is -4.60. The smallest absolute Gasteiger partial charge is 0.306 e. The number of aliphatic hydroxyl groups is 3. The molecule has 62 heavy (non-hydrogen) atoms. The minimum atomic E-state index is -4.60. The van der Waals surface area contributed by atoms with Gasteiger partial charge in [-0.25, -0.2) is 0 Å². The fourth-order valence-corrected chi connectivity index (χ4v) is 8.90. The van der Waals surface area contributed by atoms with Crippen LogP contribution in [0.15, 0.2) is 0 Å². The van der Waals surface area contributed by atoms with E-state index in [1.54, 1.807) is 0 Å². The van der Waals surface area contributed by atoms with E-state index in [9.17, 15) is 37.9 Å². The van der Waals surface area contributed by atoms with Crippen LogP contribution in [0.2, 0.25) is 0 Å². The Morgan fingerprint density at radius 2 is 0.823 bits per heavy atom. The first kappa shape index (κ1) is 58.7. The summed E-state index contributed by atoms with van der Waals surface area (Å²) in [6.45, 7) is 3.80. The number of ether oxygens (including phenoxy) is 4. The highest BCUT2D eigenvalue weighted by Crippen LogP contribution is 2.24. The van der Waals surface area contributed by atoms with Gasteiger partial charge >= 0.3 is 11.9 Å². The lowest BCUT2D eigenvalue weighted by Crippen LogP contribution is -2.60. The second kappa shape index (κ2) is 40.0. The molecule has 4 N–H and O–H groups in total.